The van der Waals surface area contributed by atoms with Crippen molar-refractivity contribution in [2.24, 2.45) is 0 Å². The summed E-state index contributed by atoms with van der Waals surface area (Å²) in [7, 11) is 5.08. The highest BCUT2D eigenvalue weighted by molar-refractivity contribution is 5.95. The monoisotopic (exact) mass is 379 g/mol. The maximum atomic E-state index is 12.8. The van der Waals surface area contributed by atoms with Gasteiger partial charge in [0.2, 0.25) is 11.8 Å². The first-order valence-electron chi connectivity index (χ1n) is 9.26. The summed E-state index contributed by atoms with van der Waals surface area (Å²) in [5, 5.41) is 0. The van der Waals surface area contributed by atoms with E-state index in [0.717, 1.165) is 11.1 Å². The molecular formula is C22H25N3O3. The van der Waals surface area contributed by atoms with E-state index in [1.54, 1.807) is 38.2 Å². The van der Waals surface area contributed by atoms with Crippen molar-refractivity contribution in [3.63, 3.8) is 0 Å². The van der Waals surface area contributed by atoms with Crippen LogP contribution in [0.1, 0.15) is 21.5 Å². The van der Waals surface area contributed by atoms with E-state index >= 15 is 0 Å². The maximum absolute atomic E-state index is 12.8. The Morgan fingerprint density at radius 2 is 1.64 bits per heavy atom. The first-order chi connectivity index (χ1) is 13.4. The van der Waals surface area contributed by atoms with E-state index < -0.39 is 6.04 Å². The zero-order valence-electron chi connectivity index (χ0n) is 16.5. The normalized spacial score (nSPS) is 17.0. The van der Waals surface area contributed by atoms with Gasteiger partial charge in [0.1, 0.15) is 6.04 Å². The number of hydrogen-bond donors (Lipinski definition) is 0. The van der Waals surface area contributed by atoms with Crippen LogP contribution in [0.25, 0.3) is 0 Å². The zero-order valence-corrected chi connectivity index (χ0v) is 16.5. The molecule has 28 heavy (non-hydrogen) atoms. The first-order valence-corrected chi connectivity index (χ1v) is 9.26. The minimum Gasteiger partial charge on any atom is -0.345 e. The minimum absolute atomic E-state index is 0.0529. The third kappa shape index (κ3) is 4.22. The quantitative estimate of drug-likeness (QED) is 0.796. The lowest BCUT2D eigenvalue weighted by Crippen LogP contribution is -2.59. The van der Waals surface area contributed by atoms with E-state index in [2.05, 4.69) is 0 Å². The van der Waals surface area contributed by atoms with Crippen LogP contribution in [0.3, 0.4) is 0 Å². The van der Waals surface area contributed by atoms with Gasteiger partial charge in [-0.05, 0) is 23.3 Å². The maximum Gasteiger partial charge on any atom is 0.253 e. The van der Waals surface area contributed by atoms with Crippen LogP contribution in [-0.2, 0) is 22.6 Å². The number of carbonyl (C=O) groups is 3. The largest absolute Gasteiger partial charge is 0.345 e. The Balaban J connectivity index is 1.81. The lowest BCUT2D eigenvalue weighted by atomic mass is 10.00. The lowest BCUT2D eigenvalue weighted by Gasteiger charge is -2.39. The fourth-order valence-corrected chi connectivity index (χ4v) is 3.37. The number of benzene rings is 2. The summed E-state index contributed by atoms with van der Waals surface area (Å²) in [5.41, 5.74) is 2.50. The number of hydrogen-bond acceptors (Lipinski definition) is 3. The van der Waals surface area contributed by atoms with Crippen LogP contribution in [0.15, 0.2) is 54.6 Å². The predicted molar refractivity (Wildman–Crippen MR) is 107 cm³/mol. The topological polar surface area (TPSA) is 60.9 Å². The summed E-state index contributed by atoms with van der Waals surface area (Å²) in [6.07, 6.45) is 0.479. The van der Waals surface area contributed by atoms with Gasteiger partial charge in [0.15, 0.2) is 0 Å². The van der Waals surface area contributed by atoms with Crippen LogP contribution in [0.4, 0.5) is 0 Å². The molecule has 3 amide bonds. The molecule has 0 spiro atoms. The summed E-state index contributed by atoms with van der Waals surface area (Å²) < 4.78 is 0. The van der Waals surface area contributed by atoms with Crippen LogP contribution in [-0.4, -0.2) is 66.2 Å². The van der Waals surface area contributed by atoms with Gasteiger partial charge in [-0.25, -0.2) is 0 Å². The van der Waals surface area contributed by atoms with Gasteiger partial charge in [-0.1, -0.05) is 42.5 Å². The zero-order chi connectivity index (χ0) is 20.3. The second-order valence-electron chi connectivity index (χ2n) is 7.32. The molecule has 0 aromatic heterocycles. The Kier molecular flexibility index (Phi) is 5.78. The van der Waals surface area contributed by atoms with Gasteiger partial charge >= 0.3 is 0 Å². The van der Waals surface area contributed by atoms with Crippen LogP contribution in [0.2, 0.25) is 0 Å². The lowest BCUT2D eigenvalue weighted by molar-refractivity contribution is -0.155. The van der Waals surface area contributed by atoms with E-state index in [1.165, 1.54) is 9.80 Å². The Bertz CT molecular complexity index is 862. The Hall–Kier alpha value is -3.15. The average Bonchev–Trinajstić information content (AvgIpc) is 2.69. The van der Waals surface area contributed by atoms with Crippen molar-refractivity contribution in [2.45, 2.75) is 19.0 Å². The summed E-state index contributed by atoms with van der Waals surface area (Å²) in [6, 6.07) is 16.4. The molecule has 1 atom stereocenters. The molecule has 3 rings (SSSR count). The number of rotatable bonds is 5. The summed E-state index contributed by atoms with van der Waals surface area (Å²) in [5.74, 6) is -0.196. The molecule has 0 unspecified atom stereocenters. The van der Waals surface area contributed by atoms with E-state index in [9.17, 15) is 14.4 Å². The standard InChI is InChI=1S/C22H25N3O3/c1-23(2)21(27)18-11-9-17(10-12-18)14-25-19(13-16-7-5-4-6-8-16)22(28)24(3)15-20(25)26/h4-12,19H,13-15H2,1-3H3/t19-/m0/s1. The van der Waals surface area contributed by atoms with Gasteiger partial charge in [-0.15, -0.1) is 0 Å². The van der Waals surface area contributed by atoms with Gasteiger partial charge < -0.3 is 14.7 Å². The third-order valence-corrected chi connectivity index (χ3v) is 4.96. The molecule has 1 saturated heterocycles. The van der Waals surface area contributed by atoms with Crippen molar-refractivity contribution >= 4 is 17.7 Å². The van der Waals surface area contributed by atoms with Gasteiger partial charge in [-0.3, -0.25) is 14.4 Å². The number of amides is 3. The molecular weight excluding hydrogens is 354 g/mol. The molecule has 6 nitrogen and oxygen atoms in total. The highest BCUT2D eigenvalue weighted by Gasteiger charge is 2.37. The fourth-order valence-electron chi connectivity index (χ4n) is 3.37. The van der Waals surface area contributed by atoms with E-state index in [4.69, 9.17) is 0 Å². The molecule has 0 radical (unpaired) electrons. The van der Waals surface area contributed by atoms with Crippen molar-refractivity contribution in [3.8, 4) is 0 Å². The van der Waals surface area contributed by atoms with Crippen molar-refractivity contribution in [1.82, 2.24) is 14.7 Å². The second kappa shape index (κ2) is 8.25. The van der Waals surface area contributed by atoms with Crippen LogP contribution in [0.5, 0.6) is 0 Å². The molecule has 1 aliphatic rings. The molecule has 146 valence electrons. The van der Waals surface area contributed by atoms with Crippen molar-refractivity contribution in [1.29, 1.82) is 0 Å². The summed E-state index contributed by atoms with van der Waals surface area (Å²) in [4.78, 5) is 42.2. The molecule has 2 aromatic rings. The molecule has 0 bridgehead atoms. The van der Waals surface area contributed by atoms with Crippen molar-refractivity contribution in [2.75, 3.05) is 27.7 Å². The summed E-state index contributed by atoms with van der Waals surface area (Å²) in [6.45, 7) is 0.424. The number of piperazine rings is 1. The molecule has 0 saturated carbocycles. The molecule has 0 aliphatic carbocycles. The average molecular weight is 379 g/mol. The van der Waals surface area contributed by atoms with Crippen LogP contribution >= 0.6 is 0 Å². The highest BCUT2D eigenvalue weighted by atomic mass is 16.2. The molecule has 1 heterocycles. The Morgan fingerprint density at radius 3 is 2.25 bits per heavy atom. The van der Waals surface area contributed by atoms with Gasteiger partial charge in [-0.2, -0.15) is 0 Å². The molecule has 1 fully saturated rings. The number of nitrogens with zero attached hydrogens (tertiary/aromatic N) is 3. The fraction of sp³-hybridized carbons (Fsp3) is 0.318. The summed E-state index contributed by atoms with van der Waals surface area (Å²) >= 11 is 0. The van der Waals surface area contributed by atoms with E-state index in [1.807, 2.05) is 42.5 Å². The van der Waals surface area contributed by atoms with E-state index in [-0.39, 0.29) is 24.3 Å². The molecule has 1 aliphatic heterocycles. The first kappa shape index (κ1) is 19.6. The number of likely N-dealkylation sites (N-methyl/N-ethyl adjacent to an activating group) is 1. The van der Waals surface area contributed by atoms with Gasteiger partial charge in [0, 0.05) is 39.7 Å². The predicted octanol–water partition coefficient (Wildman–Crippen LogP) is 1.80. The molecule has 2 aromatic carbocycles. The van der Waals surface area contributed by atoms with E-state index in [0.29, 0.717) is 18.5 Å². The van der Waals surface area contributed by atoms with Gasteiger partial charge in [0.05, 0.1) is 6.54 Å². The van der Waals surface area contributed by atoms with Gasteiger partial charge in [0.25, 0.3) is 5.91 Å². The van der Waals surface area contributed by atoms with Crippen molar-refractivity contribution in [3.05, 3.63) is 71.3 Å². The third-order valence-electron chi connectivity index (χ3n) is 4.96. The van der Waals surface area contributed by atoms with Crippen molar-refractivity contribution < 1.29 is 14.4 Å². The minimum atomic E-state index is -0.531. The SMILES string of the molecule is CN(C)C(=O)c1ccc(CN2C(=O)CN(C)C(=O)[C@@H]2Cc2ccccc2)cc1. The second-order valence-corrected chi connectivity index (χ2v) is 7.32. The molecule has 6 heteroatoms. The Morgan fingerprint density at radius 1 is 1.00 bits per heavy atom. The smallest absolute Gasteiger partial charge is 0.253 e. The Labute approximate surface area is 165 Å². The van der Waals surface area contributed by atoms with Crippen LogP contribution < -0.4 is 0 Å². The number of carbonyl (C=O) groups excluding carboxylic acids is 3. The highest BCUT2D eigenvalue weighted by Crippen LogP contribution is 2.20. The molecule has 0 N–H and O–H groups in total. The van der Waals surface area contributed by atoms with Crippen LogP contribution in [0, 0.1) is 0 Å².